The fraction of sp³-hybridized carbons (Fsp3) is 0.120. The summed E-state index contributed by atoms with van der Waals surface area (Å²) in [4.78, 5) is 2.38. The third kappa shape index (κ3) is 8.05. The standard InChI is InChI=1S/C44H32P2.C6H15N/c1-5-19-35(20-6-1)45(36-21-7-2-8-22-36)41-31-29-33-17-13-15-27-39(33)43(41)44-40-28-16-14-18-34(40)30-32-42(44)46(37-23-9-3-10-24-37)38-25-11-4-12-26-38;1-4-7(5-2)6-3/h1-32H;4-6H2,1-3H3. The van der Waals surface area contributed by atoms with E-state index < -0.39 is 15.8 Å². The molecule has 8 aromatic carbocycles. The molecule has 0 radical (unpaired) electrons. The topological polar surface area (TPSA) is 3.24 Å². The second kappa shape index (κ2) is 17.7. The van der Waals surface area contributed by atoms with Crippen molar-refractivity contribution >= 4 is 69.2 Å². The Morgan fingerprint density at radius 3 is 0.887 bits per heavy atom. The Kier molecular flexibility index (Phi) is 12.2. The highest BCUT2D eigenvalue weighted by Crippen LogP contribution is 2.45. The monoisotopic (exact) mass is 723 g/mol. The van der Waals surface area contributed by atoms with Gasteiger partial charge in [-0.25, -0.2) is 0 Å². The fourth-order valence-electron chi connectivity index (χ4n) is 7.25. The smallest absolute Gasteiger partial charge is 0.000884 e. The largest absolute Gasteiger partial charge is 0.304 e. The van der Waals surface area contributed by atoms with Gasteiger partial charge in [0.2, 0.25) is 0 Å². The van der Waals surface area contributed by atoms with Crippen LogP contribution in [0.2, 0.25) is 0 Å². The Bertz CT molecular complexity index is 2110. The number of rotatable bonds is 10. The van der Waals surface area contributed by atoms with E-state index in [-0.39, 0.29) is 0 Å². The van der Waals surface area contributed by atoms with Crippen LogP contribution in [0.1, 0.15) is 20.8 Å². The van der Waals surface area contributed by atoms with E-state index in [2.05, 4.69) is 220 Å². The molecule has 8 aromatic rings. The summed E-state index contributed by atoms with van der Waals surface area (Å²) in [6.45, 7) is 10.1. The zero-order valence-electron chi connectivity index (χ0n) is 30.9. The van der Waals surface area contributed by atoms with Gasteiger partial charge >= 0.3 is 0 Å². The highest BCUT2D eigenvalue weighted by Gasteiger charge is 2.28. The van der Waals surface area contributed by atoms with Gasteiger partial charge in [0, 0.05) is 0 Å². The van der Waals surface area contributed by atoms with Crippen LogP contribution in [-0.2, 0) is 0 Å². The quantitative estimate of drug-likeness (QED) is 0.127. The van der Waals surface area contributed by atoms with E-state index in [1.807, 2.05) is 0 Å². The average molecular weight is 724 g/mol. The predicted octanol–water partition coefficient (Wildman–Crippen LogP) is 10.5. The number of hydrogen-bond donors (Lipinski definition) is 0. The van der Waals surface area contributed by atoms with Gasteiger partial charge in [0.15, 0.2) is 0 Å². The van der Waals surface area contributed by atoms with Crippen molar-refractivity contribution < 1.29 is 0 Å². The summed E-state index contributed by atoms with van der Waals surface area (Å²) in [7, 11) is -1.70. The normalized spacial score (nSPS) is 11.3. The first-order valence-electron chi connectivity index (χ1n) is 18.8. The lowest BCUT2D eigenvalue weighted by molar-refractivity contribution is 0.321. The fourth-order valence-corrected chi connectivity index (χ4v) is 12.2. The minimum atomic E-state index is -0.852. The van der Waals surface area contributed by atoms with Crippen LogP contribution in [0.3, 0.4) is 0 Å². The second-order valence-electron chi connectivity index (χ2n) is 13.0. The van der Waals surface area contributed by atoms with Crippen molar-refractivity contribution in [2.24, 2.45) is 0 Å². The van der Waals surface area contributed by atoms with Crippen LogP contribution in [0, 0.1) is 0 Å². The summed E-state index contributed by atoms with van der Waals surface area (Å²) in [6.07, 6.45) is 0. The number of nitrogens with zero attached hydrogens (tertiary/aromatic N) is 1. The van der Waals surface area contributed by atoms with Gasteiger partial charge in [-0.15, -0.1) is 0 Å². The molecule has 8 rings (SSSR count). The van der Waals surface area contributed by atoms with Crippen LogP contribution in [0.15, 0.2) is 194 Å². The summed E-state index contributed by atoms with van der Waals surface area (Å²) < 4.78 is 0. The molecule has 0 unspecified atom stereocenters. The molecule has 0 aliphatic carbocycles. The lowest BCUT2D eigenvalue weighted by Gasteiger charge is -2.28. The highest BCUT2D eigenvalue weighted by molar-refractivity contribution is 7.80. The van der Waals surface area contributed by atoms with Crippen LogP contribution >= 0.6 is 15.8 Å². The molecule has 53 heavy (non-hydrogen) atoms. The van der Waals surface area contributed by atoms with Crippen LogP contribution in [-0.4, -0.2) is 24.5 Å². The van der Waals surface area contributed by atoms with E-state index >= 15 is 0 Å². The SMILES string of the molecule is CCN(CC)CC.c1ccc(P(c2ccccc2)c2ccc3ccccc3c2-c2c(P(c3ccccc3)c3ccccc3)ccc3ccccc23)cc1. The average Bonchev–Trinajstić information content (AvgIpc) is 3.23. The summed E-state index contributed by atoms with van der Waals surface area (Å²) in [5.74, 6) is 0. The molecule has 0 saturated carbocycles. The molecule has 0 saturated heterocycles. The maximum Gasteiger partial charge on any atom is -0.000884 e. The minimum absolute atomic E-state index is 0.852. The molecule has 3 heteroatoms. The second-order valence-corrected chi connectivity index (χ2v) is 17.4. The van der Waals surface area contributed by atoms with Gasteiger partial charge in [-0.2, -0.15) is 0 Å². The van der Waals surface area contributed by atoms with E-state index in [0.29, 0.717) is 0 Å². The molecule has 0 amide bonds. The molecule has 262 valence electrons. The molecular weight excluding hydrogens is 677 g/mol. The third-order valence-corrected chi connectivity index (χ3v) is 14.9. The molecule has 0 N–H and O–H groups in total. The van der Waals surface area contributed by atoms with Crippen molar-refractivity contribution in [2.75, 3.05) is 19.6 Å². The molecular formula is C50H47NP2. The molecule has 0 bridgehead atoms. The molecule has 0 fully saturated rings. The third-order valence-electron chi connectivity index (χ3n) is 9.95. The summed E-state index contributed by atoms with van der Waals surface area (Å²) in [6, 6.07) is 71.8. The predicted molar refractivity (Wildman–Crippen MR) is 238 cm³/mol. The van der Waals surface area contributed by atoms with Crippen molar-refractivity contribution in [3.8, 4) is 11.1 Å². The van der Waals surface area contributed by atoms with Gasteiger partial charge in [-0.05, 0) is 100.0 Å². The van der Waals surface area contributed by atoms with E-state index in [4.69, 9.17) is 0 Å². The molecule has 1 nitrogen and oxygen atoms in total. The molecule has 0 aromatic heterocycles. The van der Waals surface area contributed by atoms with Gasteiger partial charge < -0.3 is 4.90 Å². The Morgan fingerprint density at radius 1 is 0.321 bits per heavy atom. The Morgan fingerprint density at radius 2 is 0.604 bits per heavy atom. The van der Waals surface area contributed by atoms with Crippen molar-refractivity contribution in [1.29, 1.82) is 0 Å². The van der Waals surface area contributed by atoms with Crippen molar-refractivity contribution in [1.82, 2.24) is 4.90 Å². The Balaban J connectivity index is 0.000000568. The van der Waals surface area contributed by atoms with E-state index in [9.17, 15) is 0 Å². The first kappa shape index (κ1) is 36.5. The van der Waals surface area contributed by atoms with Gasteiger partial charge in [0.1, 0.15) is 0 Å². The molecule has 0 aliphatic rings. The zero-order chi connectivity index (χ0) is 36.4. The van der Waals surface area contributed by atoms with Crippen molar-refractivity contribution in [3.05, 3.63) is 194 Å². The van der Waals surface area contributed by atoms with Gasteiger partial charge in [0.05, 0.1) is 0 Å². The lowest BCUT2D eigenvalue weighted by Crippen LogP contribution is -2.26. The maximum atomic E-state index is 2.42. The van der Waals surface area contributed by atoms with Crippen LogP contribution in [0.25, 0.3) is 32.7 Å². The highest BCUT2D eigenvalue weighted by atomic mass is 31.1. The molecule has 0 spiro atoms. The minimum Gasteiger partial charge on any atom is -0.304 e. The van der Waals surface area contributed by atoms with Crippen LogP contribution in [0.5, 0.6) is 0 Å². The van der Waals surface area contributed by atoms with Gasteiger partial charge in [-0.3, -0.25) is 0 Å². The Labute approximate surface area is 318 Å². The number of hydrogen-bond acceptors (Lipinski definition) is 1. The van der Waals surface area contributed by atoms with Crippen LogP contribution in [0.4, 0.5) is 0 Å². The van der Waals surface area contributed by atoms with Gasteiger partial charge in [0.25, 0.3) is 0 Å². The zero-order valence-corrected chi connectivity index (χ0v) is 32.7. The first-order valence-corrected chi connectivity index (χ1v) is 21.5. The molecule has 0 atom stereocenters. The molecule has 0 aliphatic heterocycles. The lowest BCUT2D eigenvalue weighted by atomic mass is 9.93. The maximum absolute atomic E-state index is 2.42. The molecule has 0 heterocycles. The number of benzene rings is 8. The van der Waals surface area contributed by atoms with Crippen LogP contribution < -0.4 is 31.8 Å². The summed E-state index contributed by atoms with van der Waals surface area (Å²) in [5, 5.41) is 13.3. The summed E-state index contributed by atoms with van der Waals surface area (Å²) >= 11 is 0. The van der Waals surface area contributed by atoms with E-state index in [0.717, 1.165) is 0 Å². The van der Waals surface area contributed by atoms with Crippen molar-refractivity contribution in [3.63, 3.8) is 0 Å². The Hall–Kier alpha value is -4.90. The van der Waals surface area contributed by atoms with E-state index in [1.165, 1.54) is 84.1 Å². The van der Waals surface area contributed by atoms with Gasteiger partial charge in [-0.1, -0.05) is 215 Å². The van der Waals surface area contributed by atoms with Crippen molar-refractivity contribution in [2.45, 2.75) is 20.8 Å². The van der Waals surface area contributed by atoms with E-state index in [1.54, 1.807) is 0 Å². The first-order chi connectivity index (χ1) is 26.2. The number of fused-ring (bicyclic) bond motifs is 2. The summed E-state index contributed by atoms with van der Waals surface area (Å²) in [5.41, 5.74) is 2.70.